The van der Waals surface area contributed by atoms with Crippen LogP contribution in [0.15, 0.2) is 59.5 Å². The van der Waals surface area contributed by atoms with Crippen molar-refractivity contribution in [2.24, 2.45) is 5.92 Å². The summed E-state index contributed by atoms with van der Waals surface area (Å²) in [6, 6.07) is 12.3. The Bertz CT molecular complexity index is 1060. The minimum Gasteiger partial charge on any atom is -0.333 e. The zero-order valence-corrected chi connectivity index (χ0v) is 17.0. The third kappa shape index (κ3) is 4.11. The molecule has 0 fully saturated rings. The summed E-state index contributed by atoms with van der Waals surface area (Å²) in [5.74, 6) is 1.52. The molecule has 0 saturated heterocycles. The fourth-order valence-corrected chi connectivity index (χ4v) is 3.40. The highest BCUT2D eigenvalue weighted by Crippen LogP contribution is 2.32. The molecule has 0 atom stereocenters. The van der Waals surface area contributed by atoms with Crippen molar-refractivity contribution in [2.45, 2.75) is 40.2 Å². The van der Waals surface area contributed by atoms with Gasteiger partial charge in [-0.2, -0.15) is 10.1 Å². The van der Waals surface area contributed by atoms with Crippen molar-refractivity contribution in [1.29, 1.82) is 0 Å². The first-order valence-electron chi connectivity index (χ1n) is 10.0. The second-order valence-corrected chi connectivity index (χ2v) is 7.59. The molecule has 0 aliphatic rings. The van der Waals surface area contributed by atoms with Gasteiger partial charge in [0.15, 0.2) is 0 Å². The average molecular weight is 387 g/mol. The highest BCUT2D eigenvalue weighted by atomic mass is 16.5. The fraction of sp³-hybridized carbons (Fsp3) is 0.304. The van der Waals surface area contributed by atoms with E-state index in [-0.39, 0.29) is 0 Å². The SMILES string of the molecule is CCCc1ccc(-c2noc(-c3cnn(CC(C)C)c3-c3ccncc3)n2)cc1. The summed E-state index contributed by atoms with van der Waals surface area (Å²) in [7, 11) is 0. The Kier molecular flexibility index (Phi) is 5.51. The Hall–Kier alpha value is -3.28. The highest BCUT2D eigenvalue weighted by Gasteiger charge is 2.20. The molecule has 0 aliphatic carbocycles. The van der Waals surface area contributed by atoms with E-state index in [1.165, 1.54) is 5.56 Å². The molecule has 0 radical (unpaired) electrons. The number of nitrogens with zero attached hydrogens (tertiary/aromatic N) is 5. The second kappa shape index (κ2) is 8.39. The van der Waals surface area contributed by atoms with E-state index in [1.54, 1.807) is 18.6 Å². The van der Waals surface area contributed by atoms with Crippen molar-refractivity contribution < 1.29 is 4.52 Å². The molecule has 148 valence electrons. The van der Waals surface area contributed by atoms with Gasteiger partial charge in [0.1, 0.15) is 0 Å². The van der Waals surface area contributed by atoms with Crippen LogP contribution in [0.3, 0.4) is 0 Å². The quantitative estimate of drug-likeness (QED) is 0.432. The van der Waals surface area contributed by atoms with Crippen LogP contribution < -0.4 is 0 Å². The molecule has 4 rings (SSSR count). The molecule has 0 unspecified atom stereocenters. The largest absolute Gasteiger partial charge is 0.333 e. The molecule has 0 aliphatic heterocycles. The topological polar surface area (TPSA) is 69.6 Å². The van der Waals surface area contributed by atoms with Crippen LogP contribution in [0.5, 0.6) is 0 Å². The number of rotatable bonds is 7. The van der Waals surface area contributed by atoms with Gasteiger partial charge in [0.2, 0.25) is 5.82 Å². The molecule has 3 aromatic heterocycles. The summed E-state index contributed by atoms with van der Waals surface area (Å²) in [6.45, 7) is 7.33. The van der Waals surface area contributed by atoms with Gasteiger partial charge in [-0.25, -0.2) is 0 Å². The standard InChI is InChI=1S/C23H25N5O/c1-4-5-17-6-8-19(9-7-17)22-26-23(29-27-22)20-14-25-28(15-16(2)3)21(20)18-10-12-24-13-11-18/h6-14,16H,4-5,15H2,1-3H3. The summed E-state index contributed by atoms with van der Waals surface area (Å²) in [5, 5.41) is 8.80. The van der Waals surface area contributed by atoms with Crippen LogP contribution in [0.1, 0.15) is 32.8 Å². The number of benzene rings is 1. The van der Waals surface area contributed by atoms with Crippen LogP contribution in [0.25, 0.3) is 34.1 Å². The lowest BCUT2D eigenvalue weighted by atomic mass is 10.1. The maximum Gasteiger partial charge on any atom is 0.262 e. The van der Waals surface area contributed by atoms with Crippen LogP contribution in [0.2, 0.25) is 0 Å². The van der Waals surface area contributed by atoms with E-state index < -0.39 is 0 Å². The highest BCUT2D eigenvalue weighted by molar-refractivity contribution is 5.77. The number of aromatic nitrogens is 5. The molecule has 0 saturated carbocycles. The second-order valence-electron chi connectivity index (χ2n) is 7.59. The van der Waals surface area contributed by atoms with E-state index in [1.807, 2.05) is 28.9 Å². The maximum atomic E-state index is 5.63. The van der Waals surface area contributed by atoms with Gasteiger partial charge in [-0.05, 0) is 30.0 Å². The number of hydrogen-bond donors (Lipinski definition) is 0. The Labute approximate surface area is 170 Å². The number of pyridine rings is 1. The Morgan fingerprint density at radius 2 is 1.76 bits per heavy atom. The Balaban J connectivity index is 1.71. The van der Waals surface area contributed by atoms with Crippen molar-refractivity contribution in [1.82, 2.24) is 24.9 Å². The van der Waals surface area contributed by atoms with E-state index in [4.69, 9.17) is 4.52 Å². The zero-order valence-electron chi connectivity index (χ0n) is 17.0. The van der Waals surface area contributed by atoms with Crippen LogP contribution in [-0.2, 0) is 13.0 Å². The lowest BCUT2D eigenvalue weighted by molar-refractivity contribution is 0.432. The maximum absolute atomic E-state index is 5.63. The molecule has 0 bridgehead atoms. The zero-order chi connectivity index (χ0) is 20.2. The molecular formula is C23H25N5O. The van der Waals surface area contributed by atoms with Gasteiger partial charge in [-0.3, -0.25) is 9.67 Å². The van der Waals surface area contributed by atoms with Crippen molar-refractivity contribution in [3.8, 4) is 34.1 Å². The third-order valence-electron chi connectivity index (χ3n) is 4.74. The first kappa shape index (κ1) is 19.1. The van der Waals surface area contributed by atoms with Crippen LogP contribution in [-0.4, -0.2) is 24.9 Å². The van der Waals surface area contributed by atoms with Gasteiger partial charge in [0.25, 0.3) is 5.89 Å². The van der Waals surface area contributed by atoms with Crippen LogP contribution >= 0.6 is 0 Å². The Morgan fingerprint density at radius 1 is 1.00 bits per heavy atom. The molecule has 6 nitrogen and oxygen atoms in total. The Morgan fingerprint density at radius 3 is 2.45 bits per heavy atom. The van der Waals surface area contributed by atoms with E-state index in [2.05, 4.69) is 53.1 Å². The van der Waals surface area contributed by atoms with E-state index >= 15 is 0 Å². The van der Waals surface area contributed by atoms with Gasteiger partial charge < -0.3 is 4.52 Å². The summed E-state index contributed by atoms with van der Waals surface area (Å²) in [4.78, 5) is 8.79. The minimum absolute atomic E-state index is 0.461. The molecule has 29 heavy (non-hydrogen) atoms. The molecule has 1 aromatic carbocycles. The lowest BCUT2D eigenvalue weighted by Crippen LogP contribution is -2.07. The fourth-order valence-electron chi connectivity index (χ4n) is 3.40. The van der Waals surface area contributed by atoms with Gasteiger partial charge in [-0.1, -0.05) is 56.6 Å². The summed E-state index contributed by atoms with van der Waals surface area (Å²) >= 11 is 0. The van der Waals surface area contributed by atoms with Gasteiger partial charge >= 0.3 is 0 Å². The monoisotopic (exact) mass is 387 g/mol. The lowest BCUT2D eigenvalue weighted by Gasteiger charge is -2.10. The molecular weight excluding hydrogens is 362 g/mol. The first-order valence-corrected chi connectivity index (χ1v) is 10.0. The molecule has 0 amide bonds. The van der Waals surface area contributed by atoms with Gasteiger partial charge in [0, 0.05) is 30.1 Å². The van der Waals surface area contributed by atoms with Crippen molar-refractivity contribution in [3.63, 3.8) is 0 Å². The molecule has 4 aromatic rings. The normalized spacial score (nSPS) is 11.3. The van der Waals surface area contributed by atoms with Crippen LogP contribution in [0.4, 0.5) is 0 Å². The summed E-state index contributed by atoms with van der Waals surface area (Å²) in [5.41, 5.74) is 5.08. The third-order valence-corrected chi connectivity index (χ3v) is 4.74. The molecule has 0 N–H and O–H groups in total. The predicted molar refractivity (Wildman–Crippen MR) is 113 cm³/mol. The van der Waals surface area contributed by atoms with Crippen LogP contribution in [0, 0.1) is 5.92 Å². The first-order chi connectivity index (χ1) is 14.2. The number of hydrogen-bond acceptors (Lipinski definition) is 5. The van der Waals surface area contributed by atoms with E-state index in [0.29, 0.717) is 17.6 Å². The summed E-state index contributed by atoms with van der Waals surface area (Å²) < 4.78 is 7.63. The predicted octanol–water partition coefficient (Wildman–Crippen LogP) is 5.27. The molecule has 3 heterocycles. The van der Waals surface area contributed by atoms with Crippen molar-refractivity contribution in [3.05, 3.63) is 60.6 Å². The van der Waals surface area contributed by atoms with Gasteiger partial charge in [-0.15, -0.1) is 0 Å². The summed E-state index contributed by atoms with van der Waals surface area (Å²) in [6.07, 6.45) is 7.57. The van der Waals surface area contributed by atoms with Gasteiger partial charge in [0.05, 0.1) is 17.5 Å². The molecule has 6 heteroatoms. The van der Waals surface area contributed by atoms with E-state index in [0.717, 1.165) is 41.8 Å². The van der Waals surface area contributed by atoms with Crippen molar-refractivity contribution in [2.75, 3.05) is 0 Å². The molecule has 0 spiro atoms. The number of aryl methyl sites for hydroxylation is 1. The average Bonchev–Trinajstić information content (AvgIpc) is 3.36. The smallest absolute Gasteiger partial charge is 0.262 e. The van der Waals surface area contributed by atoms with Crippen molar-refractivity contribution >= 4 is 0 Å². The van der Waals surface area contributed by atoms with E-state index in [9.17, 15) is 0 Å². The minimum atomic E-state index is 0.461.